The highest BCUT2D eigenvalue weighted by Crippen LogP contribution is 2.26. The average Bonchev–Trinajstić information content (AvgIpc) is 2.46. The number of aliphatic hydroxyl groups is 6. The highest BCUT2D eigenvalue weighted by atomic mass is 16.7. The van der Waals surface area contributed by atoms with E-state index >= 15 is 0 Å². The fraction of sp³-hybridized carbons (Fsp3) is 0.909. The zero-order valence-electron chi connectivity index (χ0n) is 11.2. The van der Waals surface area contributed by atoms with Crippen LogP contribution < -0.4 is 0 Å². The Morgan fingerprint density at radius 1 is 0.955 bits per heavy atom. The van der Waals surface area contributed by atoms with Gasteiger partial charge in [-0.2, -0.15) is 0 Å². The van der Waals surface area contributed by atoms with Crippen LogP contribution in [0.3, 0.4) is 0 Å². The van der Waals surface area contributed by atoms with E-state index in [0.29, 0.717) is 0 Å². The first-order valence-corrected chi connectivity index (χ1v) is 6.47. The lowest BCUT2D eigenvalue weighted by Crippen LogP contribution is -2.63. The Morgan fingerprint density at radius 3 is 2.18 bits per heavy atom. The standard InChI is InChI=1S/C11H18O11/c12-2-1-20-11(4(14)3(2)13)22-7-5(15)8(9(17)18)21-10(19)6(7)16/h2-8,10-16,19H,1H2,(H,17,18)/t2-,3+,4-,5-,6-,7+,8+,10?,11+/m1/s1. The average molecular weight is 326 g/mol. The van der Waals surface area contributed by atoms with E-state index in [1.54, 1.807) is 0 Å². The van der Waals surface area contributed by atoms with E-state index in [0.717, 1.165) is 0 Å². The molecule has 0 aliphatic carbocycles. The summed E-state index contributed by atoms with van der Waals surface area (Å²) in [6.07, 6.45) is -15.3. The van der Waals surface area contributed by atoms with E-state index in [2.05, 4.69) is 4.74 Å². The van der Waals surface area contributed by atoms with Crippen LogP contribution in [0.1, 0.15) is 0 Å². The Hall–Kier alpha value is -0.890. The van der Waals surface area contributed by atoms with Crippen LogP contribution in [0.25, 0.3) is 0 Å². The van der Waals surface area contributed by atoms with Gasteiger partial charge in [0.15, 0.2) is 18.7 Å². The number of hydrogen-bond donors (Lipinski definition) is 7. The maximum absolute atomic E-state index is 10.9. The van der Waals surface area contributed by atoms with Gasteiger partial charge in [0.05, 0.1) is 6.61 Å². The molecule has 22 heavy (non-hydrogen) atoms. The summed E-state index contributed by atoms with van der Waals surface area (Å²) in [5, 5.41) is 66.5. The van der Waals surface area contributed by atoms with Crippen LogP contribution in [-0.2, 0) is 19.0 Å². The van der Waals surface area contributed by atoms with Gasteiger partial charge in [-0.15, -0.1) is 0 Å². The summed E-state index contributed by atoms with van der Waals surface area (Å²) >= 11 is 0. The van der Waals surface area contributed by atoms with Gasteiger partial charge in [-0.3, -0.25) is 0 Å². The summed E-state index contributed by atoms with van der Waals surface area (Å²) in [4.78, 5) is 10.9. The minimum atomic E-state index is -1.94. The molecule has 2 saturated heterocycles. The minimum absolute atomic E-state index is 0.386. The molecule has 2 aliphatic rings. The molecule has 9 atom stereocenters. The second kappa shape index (κ2) is 6.70. The van der Waals surface area contributed by atoms with Gasteiger partial charge < -0.3 is 50.0 Å². The zero-order valence-corrected chi connectivity index (χ0v) is 11.2. The molecule has 2 aliphatic heterocycles. The number of aliphatic hydroxyl groups excluding tert-OH is 6. The number of rotatable bonds is 3. The summed E-state index contributed by atoms with van der Waals surface area (Å²) in [5.41, 5.74) is 0. The molecule has 0 saturated carbocycles. The first kappa shape index (κ1) is 17.5. The van der Waals surface area contributed by atoms with Crippen LogP contribution in [0.2, 0.25) is 0 Å². The summed E-state index contributed by atoms with van der Waals surface area (Å²) in [6, 6.07) is 0. The first-order valence-electron chi connectivity index (χ1n) is 6.47. The van der Waals surface area contributed by atoms with Crippen LogP contribution in [0.5, 0.6) is 0 Å². The van der Waals surface area contributed by atoms with Gasteiger partial charge in [-0.05, 0) is 0 Å². The van der Waals surface area contributed by atoms with Gasteiger partial charge in [0, 0.05) is 0 Å². The number of ether oxygens (including phenoxy) is 3. The molecule has 2 heterocycles. The molecular weight excluding hydrogens is 308 g/mol. The SMILES string of the molecule is O=C(O)[C@H]1OC(O)[C@H](O)[C@@H](O[C@@H]2OC[C@@H](O)[C@H](O)[C@H]2O)[C@H]1O. The van der Waals surface area contributed by atoms with Crippen LogP contribution in [0.4, 0.5) is 0 Å². The van der Waals surface area contributed by atoms with Crippen molar-refractivity contribution in [2.75, 3.05) is 6.61 Å². The topological polar surface area (TPSA) is 186 Å². The van der Waals surface area contributed by atoms with Gasteiger partial charge in [0.25, 0.3) is 0 Å². The molecule has 2 fully saturated rings. The molecule has 7 N–H and O–H groups in total. The van der Waals surface area contributed by atoms with Crippen molar-refractivity contribution in [2.45, 2.75) is 55.3 Å². The van der Waals surface area contributed by atoms with Crippen molar-refractivity contribution in [3.63, 3.8) is 0 Å². The number of carboxylic acid groups (broad SMARTS) is 1. The molecule has 0 amide bonds. The third kappa shape index (κ3) is 3.22. The minimum Gasteiger partial charge on any atom is -0.479 e. The van der Waals surface area contributed by atoms with E-state index in [9.17, 15) is 35.4 Å². The van der Waals surface area contributed by atoms with Gasteiger partial charge in [-0.25, -0.2) is 4.79 Å². The van der Waals surface area contributed by atoms with Crippen molar-refractivity contribution < 1.29 is 54.8 Å². The molecule has 0 bridgehead atoms. The van der Waals surface area contributed by atoms with Crippen LogP contribution in [0.15, 0.2) is 0 Å². The van der Waals surface area contributed by atoms with E-state index in [1.165, 1.54) is 0 Å². The monoisotopic (exact) mass is 326 g/mol. The van der Waals surface area contributed by atoms with E-state index in [-0.39, 0.29) is 6.61 Å². The van der Waals surface area contributed by atoms with E-state index in [1.807, 2.05) is 0 Å². The second-order valence-corrected chi connectivity index (χ2v) is 5.12. The van der Waals surface area contributed by atoms with Gasteiger partial charge in [0.2, 0.25) is 0 Å². The van der Waals surface area contributed by atoms with Crippen molar-refractivity contribution in [2.24, 2.45) is 0 Å². The second-order valence-electron chi connectivity index (χ2n) is 5.12. The fourth-order valence-corrected chi connectivity index (χ4v) is 2.27. The molecule has 0 radical (unpaired) electrons. The molecule has 11 heteroatoms. The molecule has 1 unspecified atom stereocenters. The Labute approximate surface area is 123 Å². The lowest BCUT2D eigenvalue weighted by atomic mass is 9.98. The Bertz CT molecular complexity index is 403. The Morgan fingerprint density at radius 2 is 1.59 bits per heavy atom. The number of hydrogen-bond acceptors (Lipinski definition) is 10. The van der Waals surface area contributed by atoms with Crippen LogP contribution in [-0.4, -0.2) is 104 Å². The Balaban J connectivity index is 2.10. The maximum Gasteiger partial charge on any atom is 0.335 e. The van der Waals surface area contributed by atoms with Crippen molar-refractivity contribution in [3.8, 4) is 0 Å². The molecule has 0 aromatic heterocycles. The quantitative estimate of drug-likeness (QED) is 0.264. The van der Waals surface area contributed by atoms with Crippen molar-refractivity contribution >= 4 is 5.97 Å². The highest BCUT2D eigenvalue weighted by molar-refractivity contribution is 5.73. The molecule has 11 nitrogen and oxygen atoms in total. The predicted molar refractivity (Wildman–Crippen MR) is 63.2 cm³/mol. The summed E-state index contributed by atoms with van der Waals surface area (Å²) in [7, 11) is 0. The Kier molecular flexibility index (Phi) is 5.32. The van der Waals surface area contributed by atoms with E-state index < -0.39 is 61.3 Å². The van der Waals surface area contributed by atoms with Gasteiger partial charge >= 0.3 is 5.97 Å². The van der Waals surface area contributed by atoms with E-state index in [4.69, 9.17) is 14.6 Å². The lowest BCUT2D eigenvalue weighted by molar-refractivity contribution is -0.339. The molecule has 0 aromatic rings. The number of carboxylic acids is 1. The molecular formula is C11H18O11. The van der Waals surface area contributed by atoms with Crippen LogP contribution >= 0.6 is 0 Å². The lowest BCUT2D eigenvalue weighted by Gasteiger charge is -2.42. The molecule has 0 aromatic carbocycles. The van der Waals surface area contributed by atoms with Gasteiger partial charge in [0.1, 0.15) is 36.6 Å². The number of carbonyl (C=O) groups is 1. The predicted octanol–water partition coefficient (Wildman–Crippen LogP) is -4.67. The van der Waals surface area contributed by atoms with Crippen molar-refractivity contribution in [1.29, 1.82) is 0 Å². The zero-order chi connectivity index (χ0) is 16.6. The summed E-state index contributed by atoms with van der Waals surface area (Å²) < 4.78 is 14.6. The molecule has 128 valence electrons. The molecule has 2 rings (SSSR count). The maximum atomic E-state index is 10.9. The fourth-order valence-electron chi connectivity index (χ4n) is 2.27. The first-order chi connectivity index (χ1) is 10.2. The van der Waals surface area contributed by atoms with Crippen LogP contribution in [0, 0.1) is 0 Å². The molecule has 0 spiro atoms. The van der Waals surface area contributed by atoms with Crippen molar-refractivity contribution in [3.05, 3.63) is 0 Å². The summed E-state index contributed by atoms with van der Waals surface area (Å²) in [5.74, 6) is -1.59. The number of aliphatic carboxylic acids is 1. The summed E-state index contributed by atoms with van der Waals surface area (Å²) in [6.45, 7) is -0.386. The smallest absolute Gasteiger partial charge is 0.335 e. The third-order valence-corrected chi connectivity index (χ3v) is 3.55. The normalized spacial score (nSPS) is 49.8. The largest absolute Gasteiger partial charge is 0.479 e. The van der Waals surface area contributed by atoms with Crippen molar-refractivity contribution in [1.82, 2.24) is 0 Å². The highest BCUT2D eigenvalue weighted by Gasteiger charge is 2.50. The van der Waals surface area contributed by atoms with Gasteiger partial charge in [-0.1, -0.05) is 0 Å². The third-order valence-electron chi connectivity index (χ3n) is 3.55.